The Hall–Kier alpha value is -1.68. The van der Waals surface area contributed by atoms with Crippen LogP contribution in [0.3, 0.4) is 0 Å². The van der Waals surface area contributed by atoms with Crippen LogP contribution < -0.4 is 0 Å². The number of benzene rings is 1. The molecule has 0 aliphatic heterocycles. The molecule has 1 aliphatic carbocycles. The summed E-state index contributed by atoms with van der Waals surface area (Å²) in [5.41, 5.74) is 2.38. The minimum atomic E-state index is 0.133. The number of amides is 1. The Morgan fingerprint density at radius 3 is 2.87 bits per heavy atom. The molecule has 1 aromatic heterocycles. The summed E-state index contributed by atoms with van der Waals surface area (Å²) in [5, 5.41) is 1.09. The Morgan fingerprint density at radius 2 is 2.13 bits per heavy atom. The molecule has 1 amide bonds. The van der Waals surface area contributed by atoms with Gasteiger partial charge in [0, 0.05) is 30.0 Å². The molecule has 122 valence electrons. The molecule has 1 aromatic carbocycles. The molecule has 0 N–H and O–H groups in total. The van der Waals surface area contributed by atoms with Gasteiger partial charge in [-0.1, -0.05) is 43.7 Å². The van der Waals surface area contributed by atoms with Crippen LogP contribution >= 0.6 is 11.3 Å². The van der Waals surface area contributed by atoms with Crippen molar-refractivity contribution >= 4 is 17.2 Å². The lowest BCUT2D eigenvalue weighted by Crippen LogP contribution is -2.36. The third-order valence-corrected chi connectivity index (χ3v) is 5.70. The lowest BCUT2D eigenvalue weighted by Gasteiger charge is -2.26. The van der Waals surface area contributed by atoms with Gasteiger partial charge in [-0.25, -0.2) is 4.98 Å². The molecule has 0 fully saturated rings. The molecular formula is C19H24N2OS. The number of carbonyl (C=O) groups excluding carboxylic acids is 1. The van der Waals surface area contributed by atoms with E-state index in [1.54, 1.807) is 11.3 Å². The second-order valence-corrected chi connectivity index (χ2v) is 7.39. The Bertz CT molecular complexity index is 665. The highest BCUT2D eigenvalue weighted by molar-refractivity contribution is 7.15. The van der Waals surface area contributed by atoms with Crippen molar-refractivity contribution in [1.82, 2.24) is 9.88 Å². The minimum absolute atomic E-state index is 0.133. The van der Waals surface area contributed by atoms with Crippen LogP contribution in [0, 0.1) is 5.92 Å². The fourth-order valence-corrected chi connectivity index (χ4v) is 4.30. The van der Waals surface area contributed by atoms with Crippen molar-refractivity contribution in [1.29, 1.82) is 0 Å². The van der Waals surface area contributed by atoms with Gasteiger partial charge in [0.25, 0.3) is 0 Å². The van der Waals surface area contributed by atoms with E-state index in [1.165, 1.54) is 16.1 Å². The number of unbranched alkanes of at least 4 members (excludes halogenated alkanes) is 1. The van der Waals surface area contributed by atoms with E-state index in [0.717, 1.165) is 43.7 Å². The maximum Gasteiger partial charge on any atom is 0.225 e. The van der Waals surface area contributed by atoms with Crippen LogP contribution in [0.2, 0.25) is 0 Å². The van der Waals surface area contributed by atoms with Crippen molar-refractivity contribution in [3.05, 3.63) is 40.9 Å². The first-order valence-corrected chi connectivity index (χ1v) is 9.29. The molecular weight excluding hydrogens is 304 g/mol. The zero-order chi connectivity index (χ0) is 16.2. The highest BCUT2D eigenvalue weighted by Gasteiger charge is 2.29. The van der Waals surface area contributed by atoms with Crippen LogP contribution in [0.15, 0.2) is 30.3 Å². The van der Waals surface area contributed by atoms with E-state index in [9.17, 15) is 4.79 Å². The van der Waals surface area contributed by atoms with E-state index >= 15 is 0 Å². The van der Waals surface area contributed by atoms with E-state index in [0.29, 0.717) is 5.91 Å². The maximum absolute atomic E-state index is 12.6. The highest BCUT2D eigenvalue weighted by atomic mass is 32.1. The van der Waals surface area contributed by atoms with Crippen LogP contribution in [0.4, 0.5) is 0 Å². The van der Waals surface area contributed by atoms with E-state index in [4.69, 9.17) is 4.98 Å². The monoisotopic (exact) mass is 328 g/mol. The first kappa shape index (κ1) is 16.2. The van der Waals surface area contributed by atoms with Crippen molar-refractivity contribution in [2.45, 2.75) is 39.0 Å². The average molecular weight is 328 g/mol. The fraction of sp³-hybridized carbons (Fsp3) is 0.474. The summed E-state index contributed by atoms with van der Waals surface area (Å²) < 4.78 is 0. The SMILES string of the molecule is CCCCN(C)C(=O)C1CCc2nc(-c3ccccc3)sc2C1. The van der Waals surface area contributed by atoms with E-state index in [1.807, 2.05) is 30.1 Å². The third-order valence-electron chi connectivity index (χ3n) is 4.53. The Labute approximate surface area is 142 Å². The summed E-state index contributed by atoms with van der Waals surface area (Å²) in [6.07, 6.45) is 4.92. The molecule has 4 heteroatoms. The van der Waals surface area contributed by atoms with Gasteiger partial charge in [-0.2, -0.15) is 0 Å². The lowest BCUT2D eigenvalue weighted by atomic mass is 9.90. The first-order chi connectivity index (χ1) is 11.2. The Kier molecular flexibility index (Phi) is 5.11. The zero-order valence-corrected chi connectivity index (χ0v) is 14.7. The molecule has 3 rings (SSSR count). The van der Waals surface area contributed by atoms with Crippen molar-refractivity contribution < 1.29 is 4.79 Å². The van der Waals surface area contributed by atoms with Crippen molar-refractivity contribution in [3.63, 3.8) is 0 Å². The number of rotatable bonds is 5. The van der Waals surface area contributed by atoms with E-state index in [2.05, 4.69) is 19.1 Å². The summed E-state index contributed by atoms with van der Waals surface area (Å²) in [5.74, 6) is 0.437. The van der Waals surface area contributed by atoms with Crippen LogP contribution in [-0.2, 0) is 17.6 Å². The molecule has 1 unspecified atom stereocenters. The summed E-state index contributed by atoms with van der Waals surface area (Å²) in [6.45, 7) is 3.03. The topological polar surface area (TPSA) is 33.2 Å². The largest absolute Gasteiger partial charge is 0.346 e. The highest BCUT2D eigenvalue weighted by Crippen LogP contribution is 2.35. The number of nitrogens with zero attached hydrogens (tertiary/aromatic N) is 2. The average Bonchev–Trinajstić information content (AvgIpc) is 3.03. The molecule has 0 bridgehead atoms. The fourth-order valence-electron chi connectivity index (χ4n) is 3.11. The predicted molar refractivity (Wildman–Crippen MR) is 95.6 cm³/mol. The predicted octanol–water partition coefficient (Wildman–Crippen LogP) is 4.17. The summed E-state index contributed by atoms with van der Waals surface area (Å²) in [7, 11) is 1.94. The van der Waals surface area contributed by atoms with Gasteiger partial charge in [0.05, 0.1) is 5.69 Å². The number of hydrogen-bond acceptors (Lipinski definition) is 3. The van der Waals surface area contributed by atoms with E-state index in [-0.39, 0.29) is 5.92 Å². The molecule has 0 spiro atoms. The molecule has 3 nitrogen and oxygen atoms in total. The quantitative estimate of drug-likeness (QED) is 0.825. The van der Waals surface area contributed by atoms with E-state index < -0.39 is 0 Å². The van der Waals surface area contributed by atoms with Crippen LogP contribution in [0.1, 0.15) is 36.8 Å². The zero-order valence-electron chi connectivity index (χ0n) is 13.9. The van der Waals surface area contributed by atoms with Crippen LogP contribution in [0.5, 0.6) is 0 Å². The van der Waals surface area contributed by atoms with Gasteiger partial charge in [-0.15, -0.1) is 11.3 Å². The second-order valence-electron chi connectivity index (χ2n) is 6.31. The third kappa shape index (κ3) is 3.63. The maximum atomic E-state index is 12.6. The van der Waals surface area contributed by atoms with Gasteiger partial charge >= 0.3 is 0 Å². The van der Waals surface area contributed by atoms with Gasteiger partial charge in [-0.05, 0) is 25.7 Å². The van der Waals surface area contributed by atoms with Gasteiger partial charge in [0.2, 0.25) is 5.91 Å². The number of hydrogen-bond donors (Lipinski definition) is 0. The van der Waals surface area contributed by atoms with Crippen molar-refractivity contribution in [3.8, 4) is 10.6 Å². The standard InChI is InChI=1S/C19H24N2OS/c1-3-4-12-21(2)19(22)15-10-11-16-17(13-15)23-18(20-16)14-8-6-5-7-9-14/h5-9,15H,3-4,10-13H2,1-2H3. The van der Waals surface area contributed by atoms with Crippen LogP contribution in [-0.4, -0.2) is 29.4 Å². The minimum Gasteiger partial charge on any atom is -0.346 e. The van der Waals surface area contributed by atoms with Crippen LogP contribution in [0.25, 0.3) is 10.6 Å². The van der Waals surface area contributed by atoms with Crippen molar-refractivity contribution in [2.75, 3.05) is 13.6 Å². The molecule has 1 heterocycles. The number of aryl methyl sites for hydroxylation is 1. The van der Waals surface area contributed by atoms with Gasteiger partial charge in [0.15, 0.2) is 0 Å². The van der Waals surface area contributed by atoms with Gasteiger partial charge in [0.1, 0.15) is 5.01 Å². The molecule has 1 aliphatic rings. The Balaban J connectivity index is 1.71. The summed E-state index contributed by atoms with van der Waals surface area (Å²) in [6, 6.07) is 10.3. The second kappa shape index (κ2) is 7.26. The molecule has 1 atom stereocenters. The summed E-state index contributed by atoms with van der Waals surface area (Å²) in [4.78, 5) is 20.6. The number of fused-ring (bicyclic) bond motifs is 1. The number of aromatic nitrogens is 1. The van der Waals surface area contributed by atoms with Crippen molar-refractivity contribution in [2.24, 2.45) is 5.92 Å². The first-order valence-electron chi connectivity index (χ1n) is 8.48. The van der Waals surface area contributed by atoms with Gasteiger partial charge < -0.3 is 4.90 Å². The molecule has 0 saturated carbocycles. The normalized spacial score (nSPS) is 16.9. The molecule has 0 saturated heterocycles. The summed E-state index contributed by atoms with van der Waals surface area (Å²) >= 11 is 1.76. The molecule has 23 heavy (non-hydrogen) atoms. The number of thiazole rings is 1. The Morgan fingerprint density at radius 1 is 1.35 bits per heavy atom. The number of carbonyl (C=O) groups is 1. The molecule has 2 aromatic rings. The van der Waals surface area contributed by atoms with Gasteiger partial charge in [-0.3, -0.25) is 4.79 Å². The molecule has 0 radical (unpaired) electrons. The smallest absolute Gasteiger partial charge is 0.225 e. The lowest BCUT2D eigenvalue weighted by molar-refractivity contribution is -0.134.